The highest BCUT2D eigenvalue weighted by Gasteiger charge is 2.20. The fourth-order valence-corrected chi connectivity index (χ4v) is 3.01. The molecule has 1 aliphatic heterocycles. The molecule has 1 aliphatic rings. The molecular weight excluding hydrogens is 258 g/mol. The molecule has 0 fully saturated rings. The number of nitrogens with zero attached hydrogens (tertiary/aromatic N) is 3. The Bertz CT molecular complexity index is 632. The summed E-state index contributed by atoms with van der Waals surface area (Å²) in [5.74, 6) is 0.865. The second-order valence-corrected chi connectivity index (χ2v) is 5.95. The molecule has 2 aromatic rings. The Labute approximate surface area is 127 Å². The molecule has 0 bridgehead atoms. The zero-order chi connectivity index (χ0) is 14.8. The van der Waals surface area contributed by atoms with Gasteiger partial charge in [0.25, 0.3) is 0 Å². The monoisotopic (exact) mass is 281 g/mol. The molecule has 0 unspecified atom stereocenters. The van der Waals surface area contributed by atoms with Crippen LogP contribution in [0.2, 0.25) is 0 Å². The van der Waals surface area contributed by atoms with Crippen LogP contribution in [0.5, 0.6) is 0 Å². The summed E-state index contributed by atoms with van der Waals surface area (Å²) in [6.07, 6.45) is 2.28. The molecule has 3 rings (SSSR count). The first-order chi connectivity index (χ1) is 10.2. The summed E-state index contributed by atoms with van der Waals surface area (Å²) in [5, 5.41) is 0. The van der Waals surface area contributed by atoms with Crippen LogP contribution < -0.4 is 0 Å². The summed E-state index contributed by atoms with van der Waals surface area (Å²) >= 11 is 0. The minimum atomic E-state index is 0.865. The molecule has 3 nitrogen and oxygen atoms in total. The van der Waals surface area contributed by atoms with Gasteiger partial charge in [0.05, 0.1) is 5.69 Å². The molecule has 0 saturated carbocycles. The van der Waals surface area contributed by atoms with E-state index in [9.17, 15) is 0 Å². The fourth-order valence-electron chi connectivity index (χ4n) is 3.01. The van der Waals surface area contributed by atoms with Crippen LogP contribution >= 0.6 is 0 Å². The topological polar surface area (TPSA) is 29.0 Å². The highest BCUT2D eigenvalue weighted by molar-refractivity contribution is 5.56. The van der Waals surface area contributed by atoms with Gasteiger partial charge in [-0.1, -0.05) is 36.8 Å². The smallest absolute Gasteiger partial charge is 0.159 e. The largest absolute Gasteiger partial charge is 0.297 e. The fraction of sp³-hybridized carbons (Fsp3) is 0.444. The molecule has 0 aliphatic carbocycles. The number of hydrogen-bond acceptors (Lipinski definition) is 3. The van der Waals surface area contributed by atoms with E-state index in [-0.39, 0.29) is 0 Å². The Balaban J connectivity index is 1.96. The molecule has 110 valence electrons. The third kappa shape index (κ3) is 2.98. The zero-order valence-corrected chi connectivity index (χ0v) is 13.2. The Morgan fingerprint density at radius 2 is 1.86 bits per heavy atom. The van der Waals surface area contributed by atoms with Gasteiger partial charge in [0.1, 0.15) is 0 Å². The summed E-state index contributed by atoms with van der Waals surface area (Å²) in [6, 6.07) is 8.47. The van der Waals surface area contributed by atoms with Crippen LogP contribution in [0.15, 0.2) is 24.3 Å². The molecule has 21 heavy (non-hydrogen) atoms. The molecule has 1 aromatic heterocycles. The molecule has 0 spiro atoms. The molecule has 2 heterocycles. The molecule has 0 saturated heterocycles. The number of fused-ring (bicyclic) bond motifs is 1. The molecule has 0 N–H and O–H groups in total. The summed E-state index contributed by atoms with van der Waals surface area (Å²) in [5.41, 5.74) is 6.10. The first-order valence-corrected chi connectivity index (χ1v) is 7.83. The van der Waals surface area contributed by atoms with Crippen molar-refractivity contribution in [2.45, 2.75) is 40.2 Å². The zero-order valence-electron chi connectivity index (χ0n) is 13.2. The quantitative estimate of drug-likeness (QED) is 0.862. The van der Waals surface area contributed by atoms with Gasteiger partial charge in [-0.15, -0.1) is 0 Å². The maximum absolute atomic E-state index is 4.85. The number of hydrogen-bond donors (Lipinski definition) is 0. The molecule has 0 amide bonds. The molecule has 0 radical (unpaired) electrons. The standard InChI is InChI=1S/C18H23N3/c1-4-10-21-11-9-16-14(3)19-18(20-17(16)12-21)15-7-5-13(2)6-8-15/h5-8H,4,9-12H2,1-3H3. The maximum Gasteiger partial charge on any atom is 0.159 e. The lowest BCUT2D eigenvalue weighted by Crippen LogP contribution is -2.32. The lowest BCUT2D eigenvalue weighted by molar-refractivity contribution is 0.250. The Kier molecular flexibility index (Phi) is 4.02. The lowest BCUT2D eigenvalue weighted by atomic mass is 10.0. The summed E-state index contributed by atoms with van der Waals surface area (Å²) < 4.78 is 0. The van der Waals surface area contributed by atoms with E-state index in [1.165, 1.54) is 23.2 Å². The summed E-state index contributed by atoms with van der Waals surface area (Å²) in [6.45, 7) is 9.71. The van der Waals surface area contributed by atoms with Crippen molar-refractivity contribution in [3.05, 3.63) is 46.8 Å². The first-order valence-electron chi connectivity index (χ1n) is 7.83. The first kappa shape index (κ1) is 14.2. The van der Waals surface area contributed by atoms with Crippen molar-refractivity contribution in [2.24, 2.45) is 0 Å². The number of aryl methyl sites for hydroxylation is 2. The van der Waals surface area contributed by atoms with E-state index >= 15 is 0 Å². The second-order valence-electron chi connectivity index (χ2n) is 5.95. The van der Waals surface area contributed by atoms with Gasteiger partial charge in [-0.05, 0) is 38.8 Å². The van der Waals surface area contributed by atoms with Gasteiger partial charge < -0.3 is 0 Å². The third-order valence-corrected chi connectivity index (χ3v) is 4.20. The van der Waals surface area contributed by atoms with Crippen LogP contribution in [0.4, 0.5) is 0 Å². The predicted molar refractivity (Wildman–Crippen MR) is 86.2 cm³/mol. The molecular formula is C18H23N3. The van der Waals surface area contributed by atoms with Crippen molar-refractivity contribution >= 4 is 0 Å². The summed E-state index contributed by atoms with van der Waals surface area (Å²) in [7, 11) is 0. The van der Waals surface area contributed by atoms with Crippen LogP contribution in [0.1, 0.15) is 35.9 Å². The van der Waals surface area contributed by atoms with Crippen molar-refractivity contribution in [1.82, 2.24) is 14.9 Å². The second kappa shape index (κ2) is 5.94. The van der Waals surface area contributed by atoms with Crippen molar-refractivity contribution in [3.8, 4) is 11.4 Å². The highest BCUT2D eigenvalue weighted by Crippen LogP contribution is 2.24. The lowest BCUT2D eigenvalue weighted by Gasteiger charge is -2.28. The van der Waals surface area contributed by atoms with Crippen molar-refractivity contribution in [2.75, 3.05) is 13.1 Å². The van der Waals surface area contributed by atoms with Gasteiger partial charge in [0.15, 0.2) is 5.82 Å². The molecule has 0 atom stereocenters. The van der Waals surface area contributed by atoms with E-state index < -0.39 is 0 Å². The van der Waals surface area contributed by atoms with E-state index in [1.807, 2.05) is 0 Å². The van der Waals surface area contributed by atoms with Gasteiger partial charge in [-0.3, -0.25) is 4.90 Å². The molecule has 3 heteroatoms. The third-order valence-electron chi connectivity index (χ3n) is 4.20. The average molecular weight is 281 g/mol. The van der Waals surface area contributed by atoms with Crippen LogP contribution in [-0.2, 0) is 13.0 Å². The van der Waals surface area contributed by atoms with Crippen LogP contribution in [-0.4, -0.2) is 28.0 Å². The van der Waals surface area contributed by atoms with E-state index in [1.54, 1.807) is 0 Å². The maximum atomic E-state index is 4.85. The van der Waals surface area contributed by atoms with E-state index in [4.69, 9.17) is 9.97 Å². The van der Waals surface area contributed by atoms with Gasteiger partial charge in [0, 0.05) is 24.3 Å². The van der Waals surface area contributed by atoms with Gasteiger partial charge >= 0.3 is 0 Å². The van der Waals surface area contributed by atoms with Crippen molar-refractivity contribution in [3.63, 3.8) is 0 Å². The Hall–Kier alpha value is -1.74. The average Bonchev–Trinajstić information content (AvgIpc) is 2.48. The minimum Gasteiger partial charge on any atom is -0.297 e. The number of benzene rings is 1. The highest BCUT2D eigenvalue weighted by atomic mass is 15.1. The van der Waals surface area contributed by atoms with Crippen LogP contribution in [0, 0.1) is 13.8 Å². The number of aromatic nitrogens is 2. The SMILES string of the molecule is CCCN1CCc2c(C)nc(-c3ccc(C)cc3)nc2C1. The minimum absolute atomic E-state index is 0.865. The van der Waals surface area contributed by atoms with E-state index in [0.29, 0.717) is 0 Å². The van der Waals surface area contributed by atoms with Crippen LogP contribution in [0.3, 0.4) is 0 Å². The van der Waals surface area contributed by atoms with Crippen molar-refractivity contribution < 1.29 is 0 Å². The van der Waals surface area contributed by atoms with Crippen molar-refractivity contribution in [1.29, 1.82) is 0 Å². The normalized spacial score (nSPS) is 15.0. The summed E-state index contributed by atoms with van der Waals surface area (Å²) in [4.78, 5) is 12.1. The van der Waals surface area contributed by atoms with Crippen LogP contribution in [0.25, 0.3) is 11.4 Å². The van der Waals surface area contributed by atoms with E-state index in [0.717, 1.165) is 43.1 Å². The predicted octanol–water partition coefficient (Wildman–Crippen LogP) is 3.53. The van der Waals surface area contributed by atoms with Gasteiger partial charge in [-0.25, -0.2) is 9.97 Å². The Morgan fingerprint density at radius 3 is 2.57 bits per heavy atom. The van der Waals surface area contributed by atoms with Gasteiger partial charge in [-0.2, -0.15) is 0 Å². The number of rotatable bonds is 3. The van der Waals surface area contributed by atoms with E-state index in [2.05, 4.69) is 49.9 Å². The van der Waals surface area contributed by atoms with Gasteiger partial charge in [0.2, 0.25) is 0 Å². The Morgan fingerprint density at radius 1 is 1.10 bits per heavy atom. The molecule has 1 aromatic carbocycles.